The molecule has 0 bridgehead atoms. The number of pyridine rings is 1. The van der Waals surface area contributed by atoms with Crippen LogP contribution in [0.5, 0.6) is 0 Å². The zero-order chi connectivity index (χ0) is 29.8. The molecule has 0 aliphatic carbocycles. The van der Waals surface area contributed by atoms with Crippen LogP contribution >= 0.6 is 23.2 Å². The molecule has 222 valence electrons. The molecule has 2 aromatic heterocycles. The van der Waals surface area contributed by atoms with Gasteiger partial charge in [-0.05, 0) is 31.4 Å². The van der Waals surface area contributed by atoms with E-state index in [1.54, 1.807) is 26.2 Å². The van der Waals surface area contributed by atoms with E-state index in [1.807, 2.05) is 9.80 Å². The molecule has 2 fully saturated rings. The molecule has 0 aromatic carbocycles. The van der Waals surface area contributed by atoms with Gasteiger partial charge < -0.3 is 25.2 Å². The third-order valence-corrected chi connectivity index (χ3v) is 7.95. The number of aromatic nitrogens is 3. The van der Waals surface area contributed by atoms with E-state index in [0.29, 0.717) is 43.6 Å². The highest BCUT2D eigenvalue weighted by Gasteiger charge is 2.36. The van der Waals surface area contributed by atoms with E-state index in [2.05, 4.69) is 32.1 Å². The molecule has 3 amide bonds. The Balaban J connectivity index is 1.45. The lowest BCUT2D eigenvalue weighted by Crippen LogP contribution is -2.58. The molecule has 1 atom stereocenters. The lowest BCUT2D eigenvalue weighted by Gasteiger charge is -2.47. The number of piperazine rings is 1. The molecule has 2 saturated heterocycles. The summed E-state index contributed by atoms with van der Waals surface area (Å²) in [6, 6.07) is 3.24. The third kappa shape index (κ3) is 6.74. The Hall–Kier alpha value is -3.42. The van der Waals surface area contributed by atoms with Crippen LogP contribution < -0.4 is 16.0 Å². The molecule has 41 heavy (non-hydrogen) atoms. The maximum atomic E-state index is 13.0. The van der Waals surface area contributed by atoms with Gasteiger partial charge in [-0.25, -0.2) is 24.5 Å². The zero-order valence-electron chi connectivity index (χ0n) is 23.6. The molecule has 2 aliphatic heterocycles. The van der Waals surface area contributed by atoms with Crippen LogP contribution in [0.4, 0.5) is 22.2 Å². The summed E-state index contributed by atoms with van der Waals surface area (Å²) in [5.74, 6) is -0.378. The van der Waals surface area contributed by atoms with Gasteiger partial charge in [0.25, 0.3) is 5.91 Å². The number of piperidine rings is 1. The molecule has 3 N–H and O–H groups in total. The average Bonchev–Trinajstić information content (AvgIpc) is 2.96. The minimum absolute atomic E-state index is 0.0148. The highest BCUT2D eigenvalue weighted by Crippen LogP contribution is 2.31. The molecule has 0 radical (unpaired) electrons. The van der Waals surface area contributed by atoms with Gasteiger partial charge in [-0.2, -0.15) is 0 Å². The first-order valence-corrected chi connectivity index (χ1v) is 14.2. The number of nitrogens with one attached hydrogen (secondary N) is 1. The Morgan fingerprint density at radius 2 is 1.80 bits per heavy atom. The van der Waals surface area contributed by atoms with Gasteiger partial charge in [0.15, 0.2) is 22.5 Å². The van der Waals surface area contributed by atoms with Crippen molar-refractivity contribution in [3.05, 3.63) is 33.7 Å². The molecule has 15 heteroatoms. The summed E-state index contributed by atoms with van der Waals surface area (Å²) in [6.07, 6.45) is 2.55. The predicted octanol–water partition coefficient (Wildman–Crippen LogP) is 2.85. The number of halogens is 2. The van der Waals surface area contributed by atoms with Gasteiger partial charge in [-0.1, -0.05) is 30.1 Å². The number of hydrogen-bond acceptors (Lipinski definition) is 10. The number of carbonyl (C=O) groups is 3. The van der Waals surface area contributed by atoms with Gasteiger partial charge in [0.1, 0.15) is 11.0 Å². The minimum Gasteiger partial charge on any atom is -0.464 e. The van der Waals surface area contributed by atoms with Crippen molar-refractivity contribution >= 4 is 58.6 Å². The van der Waals surface area contributed by atoms with Crippen LogP contribution in [-0.2, 0) is 4.74 Å². The Kier molecular flexibility index (Phi) is 9.72. The summed E-state index contributed by atoms with van der Waals surface area (Å²) in [5, 5.41) is 2.92. The number of methoxy groups -OCH3 is 1. The number of nitrogen functional groups attached to an aromatic ring is 1. The van der Waals surface area contributed by atoms with Gasteiger partial charge in [0.05, 0.1) is 12.7 Å². The highest BCUT2D eigenvalue weighted by atomic mass is 35.5. The van der Waals surface area contributed by atoms with E-state index in [0.717, 1.165) is 25.8 Å². The van der Waals surface area contributed by atoms with Crippen molar-refractivity contribution < 1.29 is 19.1 Å². The number of rotatable bonds is 6. The molecular formula is C26H35Cl2N9O4. The van der Waals surface area contributed by atoms with E-state index in [-0.39, 0.29) is 39.6 Å². The number of nitrogens with two attached hydrogens (primary N) is 1. The van der Waals surface area contributed by atoms with E-state index >= 15 is 0 Å². The Bertz CT molecular complexity index is 1300. The molecule has 0 spiro atoms. The second-order valence-corrected chi connectivity index (χ2v) is 10.9. The molecule has 0 unspecified atom stereocenters. The predicted molar refractivity (Wildman–Crippen MR) is 157 cm³/mol. The maximum absolute atomic E-state index is 13.0. The smallest absolute Gasteiger partial charge is 0.360 e. The number of esters is 1. The van der Waals surface area contributed by atoms with Crippen LogP contribution in [-0.4, -0.2) is 114 Å². The summed E-state index contributed by atoms with van der Waals surface area (Å²) in [4.78, 5) is 58.1. The maximum Gasteiger partial charge on any atom is 0.360 e. The first-order chi connectivity index (χ1) is 19.5. The molecule has 2 aliphatic rings. The summed E-state index contributed by atoms with van der Waals surface area (Å²) in [6.45, 7) is 5.37. The fraction of sp³-hybridized carbons (Fsp3) is 0.538. The molecular weight excluding hydrogens is 573 g/mol. The largest absolute Gasteiger partial charge is 0.464 e. The van der Waals surface area contributed by atoms with Crippen LogP contribution in [0, 0.1) is 0 Å². The van der Waals surface area contributed by atoms with E-state index < -0.39 is 12.0 Å². The van der Waals surface area contributed by atoms with Crippen LogP contribution in [0.2, 0.25) is 10.3 Å². The summed E-state index contributed by atoms with van der Waals surface area (Å²) in [7, 11) is 4.37. The van der Waals surface area contributed by atoms with Crippen molar-refractivity contribution in [2.45, 2.75) is 38.3 Å². The van der Waals surface area contributed by atoms with Crippen LogP contribution in [0.3, 0.4) is 0 Å². The van der Waals surface area contributed by atoms with E-state index in [9.17, 15) is 14.4 Å². The Labute approximate surface area is 248 Å². The first kappa shape index (κ1) is 30.5. The number of carbonyl (C=O) groups excluding carboxylic acids is 3. The standard InChI is InChI=1S/C26H35Cl2N9O4/c1-5-15-14-36(23-20(28)31-19(25(39)41-4)22(32-23)33-26(40)34(2)3)12-13-37(15)16-8-10-35(11-9-16)24(38)17-6-7-18(27)30-21(17)29/h6-7,15-16H,5,8-14H2,1-4H3,(H2,29,30)(H,32,33,40)/t15-/m0/s1. The summed E-state index contributed by atoms with van der Waals surface area (Å²) in [5.41, 5.74) is 6.14. The fourth-order valence-corrected chi connectivity index (χ4v) is 5.65. The van der Waals surface area contributed by atoms with E-state index in [4.69, 9.17) is 33.7 Å². The van der Waals surface area contributed by atoms with Crippen LogP contribution in [0.25, 0.3) is 0 Å². The second-order valence-electron chi connectivity index (χ2n) is 10.2. The third-order valence-electron chi connectivity index (χ3n) is 7.49. The van der Waals surface area contributed by atoms with Crippen LogP contribution in [0.1, 0.15) is 47.0 Å². The number of urea groups is 1. The van der Waals surface area contributed by atoms with Crippen molar-refractivity contribution in [1.29, 1.82) is 0 Å². The number of amides is 3. The highest BCUT2D eigenvalue weighted by molar-refractivity contribution is 6.32. The van der Waals surface area contributed by atoms with E-state index in [1.165, 1.54) is 12.0 Å². The average molecular weight is 609 g/mol. The summed E-state index contributed by atoms with van der Waals surface area (Å²) < 4.78 is 4.81. The van der Waals surface area contributed by atoms with Crippen molar-refractivity contribution in [2.24, 2.45) is 0 Å². The zero-order valence-corrected chi connectivity index (χ0v) is 25.1. The quantitative estimate of drug-likeness (QED) is 0.370. The normalized spacial score (nSPS) is 18.2. The number of nitrogens with zero attached hydrogens (tertiary/aromatic N) is 7. The monoisotopic (exact) mass is 607 g/mol. The molecule has 4 heterocycles. The second kappa shape index (κ2) is 13.0. The van der Waals surface area contributed by atoms with Gasteiger partial charge in [0, 0.05) is 58.9 Å². The fourth-order valence-electron chi connectivity index (χ4n) is 5.25. The number of hydrogen-bond donors (Lipinski definition) is 2. The van der Waals surface area contributed by atoms with Crippen LogP contribution in [0.15, 0.2) is 12.1 Å². The molecule has 13 nitrogen and oxygen atoms in total. The van der Waals surface area contributed by atoms with Crippen molar-refractivity contribution in [2.75, 3.05) is 69.9 Å². The van der Waals surface area contributed by atoms with Crippen molar-refractivity contribution in [3.8, 4) is 0 Å². The minimum atomic E-state index is -0.754. The topological polar surface area (TPSA) is 150 Å². The van der Waals surface area contributed by atoms with Gasteiger partial charge in [-0.15, -0.1) is 0 Å². The first-order valence-electron chi connectivity index (χ1n) is 13.4. The van der Waals surface area contributed by atoms with Gasteiger partial charge in [-0.3, -0.25) is 15.0 Å². The Morgan fingerprint density at radius 1 is 1.10 bits per heavy atom. The lowest BCUT2D eigenvalue weighted by molar-refractivity contribution is 0.0490. The molecule has 4 rings (SSSR count). The van der Waals surface area contributed by atoms with Crippen molar-refractivity contribution in [1.82, 2.24) is 29.7 Å². The lowest BCUT2D eigenvalue weighted by atomic mass is 9.97. The molecule has 0 saturated carbocycles. The van der Waals surface area contributed by atoms with Gasteiger partial charge >= 0.3 is 12.0 Å². The molecule has 2 aromatic rings. The number of anilines is 3. The van der Waals surface area contributed by atoms with Gasteiger partial charge in [0.2, 0.25) is 0 Å². The number of ether oxygens (including phenoxy) is 1. The van der Waals surface area contributed by atoms with Crippen molar-refractivity contribution in [3.63, 3.8) is 0 Å². The summed E-state index contributed by atoms with van der Waals surface area (Å²) >= 11 is 12.4. The SMILES string of the molecule is CC[C@H]1CN(c2nc(NC(=O)N(C)C)c(C(=O)OC)nc2Cl)CCN1C1CCN(C(=O)c2ccc(Cl)nc2N)CC1. The Morgan fingerprint density at radius 3 is 2.41 bits per heavy atom. The number of likely N-dealkylation sites (tertiary alicyclic amines) is 1.